The Morgan fingerprint density at radius 3 is 2.58 bits per heavy atom. The van der Waals surface area contributed by atoms with Crippen molar-refractivity contribution in [2.45, 2.75) is 64.5 Å². The van der Waals surface area contributed by atoms with Gasteiger partial charge in [0.2, 0.25) is 0 Å². The van der Waals surface area contributed by atoms with Crippen LogP contribution in [0.3, 0.4) is 0 Å². The minimum atomic E-state index is -0.514. The van der Waals surface area contributed by atoms with Gasteiger partial charge in [0.05, 0.1) is 0 Å². The van der Waals surface area contributed by atoms with Crippen molar-refractivity contribution in [1.82, 2.24) is 5.32 Å². The zero-order chi connectivity index (χ0) is 14.3. The first-order valence-corrected chi connectivity index (χ1v) is 6.93. The Kier molecular flexibility index (Phi) is 5.96. The van der Waals surface area contributed by atoms with Crippen LogP contribution in [-0.4, -0.2) is 24.3 Å². The molecule has 1 amide bonds. The van der Waals surface area contributed by atoms with Gasteiger partial charge in [-0.2, -0.15) is 0 Å². The fourth-order valence-electron chi connectivity index (χ4n) is 2.43. The summed E-state index contributed by atoms with van der Waals surface area (Å²) in [6.07, 6.45) is 5.30. The largest absolute Gasteiger partial charge is 0.444 e. The molecule has 19 heavy (non-hydrogen) atoms. The van der Waals surface area contributed by atoms with E-state index in [0.717, 1.165) is 12.8 Å². The Balaban J connectivity index is 2.57. The minimum absolute atomic E-state index is 0.119. The second kappa shape index (κ2) is 7.24. The van der Waals surface area contributed by atoms with Crippen LogP contribution in [0.15, 0.2) is 5.11 Å². The SMILES string of the molecule is CC(C)(C)OC(=O)NC(CN=[N+]=[N-])C1CCCCC1. The number of hydrogen-bond acceptors (Lipinski definition) is 3. The first-order valence-electron chi connectivity index (χ1n) is 6.93. The van der Waals surface area contributed by atoms with Crippen molar-refractivity contribution in [3.05, 3.63) is 10.4 Å². The molecule has 0 heterocycles. The van der Waals surface area contributed by atoms with Crippen LogP contribution in [0, 0.1) is 5.92 Å². The lowest BCUT2D eigenvalue weighted by Gasteiger charge is -2.30. The zero-order valence-electron chi connectivity index (χ0n) is 12.1. The molecular weight excluding hydrogens is 244 g/mol. The van der Waals surface area contributed by atoms with Gasteiger partial charge in [0, 0.05) is 17.5 Å². The third kappa shape index (κ3) is 6.34. The summed E-state index contributed by atoms with van der Waals surface area (Å²) < 4.78 is 5.25. The van der Waals surface area contributed by atoms with Crippen LogP contribution in [0.5, 0.6) is 0 Å². The first-order chi connectivity index (χ1) is 8.92. The van der Waals surface area contributed by atoms with Crippen molar-refractivity contribution in [1.29, 1.82) is 0 Å². The monoisotopic (exact) mass is 268 g/mol. The summed E-state index contributed by atoms with van der Waals surface area (Å²) >= 11 is 0. The molecule has 1 aliphatic carbocycles. The summed E-state index contributed by atoms with van der Waals surface area (Å²) in [6, 6.07) is -0.119. The molecular formula is C13H24N4O2. The summed E-state index contributed by atoms with van der Waals surface area (Å²) in [7, 11) is 0. The van der Waals surface area contributed by atoms with Crippen molar-refractivity contribution < 1.29 is 9.53 Å². The smallest absolute Gasteiger partial charge is 0.407 e. The Morgan fingerprint density at radius 1 is 1.42 bits per heavy atom. The summed E-state index contributed by atoms with van der Waals surface area (Å²) in [6.45, 7) is 5.78. The molecule has 0 aromatic rings. The average Bonchev–Trinajstić information content (AvgIpc) is 2.33. The van der Waals surface area contributed by atoms with E-state index in [9.17, 15) is 4.79 Å². The Morgan fingerprint density at radius 2 is 2.05 bits per heavy atom. The standard InChI is InChI=1S/C13H24N4O2/c1-13(2,3)19-12(18)16-11(9-15-17-14)10-7-5-4-6-8-10/h10-11H,4-9H2,1-3H3,(H,16,18). The van der Waals surface area contributed by atoms with Gasteiger partial charge in [-0.25, -0.2) is 4.79 Å². The van der Waals surface area contributed by atoms with E-state index in [-0.39, 0.29) is 6.04 Å². The summed E-state index contributed by atoms with van der Waals surface area (Å²) in [5, 5.41) is 6.46. The van der Waals surface area contributed by atoms with Gasteiger partial charge in [0.25, 0.3) is 0 Å². The number of nitrogens with zero attached hydrogens (tertiary/aromatic N) is 3. The molecule has 1 unspecified atom stereocenters. The number of ether oxygens (including phenoxy) is 1. The van der Waals surface area contributed by atoms with Gasteiger partial charge in [-0.05, 0) is 45.1 Å². The fourth-order valence-corrected chi connectivity index (χ4v) is 2.43. The van der Waals surface area contributed by atoms with Crippen LogP contribution in [0.2, 0.25) is 0 Å². The Labute approximate surface area is 114 Å². The topological polar surface area (TPSA) is 87.1 Å². The predicted octanol–water partition coefficient (Wildman–Crippen LogP) is 3.77. The van der Waals surface area contributed by atoms with E-state index in [1.807, 2.05) is 20.8 Å². The maximum Gasteiger partial charge on any atom is 0.407 e. The van der Waals surface area contributed by atoms with E-state index in [2.05, 4.69) is 15.3 Å². The van der Waals surface area contributed by atoms with Crippen LogP contribution in [0.25, 0.3) is 10.4 Å². The third-order valence-electron chi connectivity index (χ3n) is 3.26. The second-order valence-electron chi connectivity index (χ2n) is 6.06. The van der Waals surface area contributed by atoms with Gasteiger partial charge in [-0.15, -0.1) is 0 Å². The lowest BCUT2D eigenvalue weighted by Crippen LogP contribution is -2.45. The van der Waals surface area contributed by atoms with Gasteiger partial charge in [-0.1, -0.05) is 24.4 Å². The van der Waals surface area contributed by atoms with E-state index in [1.54, 1.807) is 0 Å². The van der Waals surface area contributed by atoms with Crippen LogP contribution in [0.4, 0.5) is 4.79 Å². The highest BCUT2D eigenvalue weighted by molar-refractivity contribution is 5.68. The van der Waals surface area contributed by atoms with Gasteiger partial charge in [0.1, 0.15) is 5.60 Å². The number of amides is 1. The summed E-state index contributed by atoms with van der Waals surface area (Å²) in [4.78, 5) is 14.6. The molecule has 0 aromatic carbocycles. The number of azide groups is 1. The zero-order valence-corrected chi connectivity index (χ0v) is 12.1. The molecule has 0 saturated heterocycles. The number of alkyl carbamates (subject to hydrolysis) is 1. The summed E-state index contributed by atoms with van der Waals surface area (Å²) in [5.41, 5.74) is 7.93. The normalized spacial score (nSPS) is 18.3. The van der Waals surface area contributed by atoms with Crippen molar-refractivity contribution in [2.24, 2.45) is 11.0 Å². The maximum atomic E-state index is 11.8. The highest BCUT2D eigenvalue weighted by atomic mass is 16.6. The molecule has 1 fully saturated rings. The highest BCUT2D eigenvalue weighted by Crippen LogP contribution is 2.27. The van der Waals surface area contributed by atoms with Crippen molar-refractivity contribution >= 4 is 6.09 Å². The Bertz CT molecular complexity index is 339. The average molecular weight is 268 g/mol. The predicted molar refractivity (Wildman–Crippen MR) is 73.7 cm³/mol. The molecule has 0 aliphatic heterocycles. The van der Waals surface area contributed by atoms with E-state index in [1.165, 1.54) is 19.3 Å². The number of carbonyl (C=O) groups excluding carboxylic acids is 1. The maximum absolute atomic E-state index is 11.8. The van der Waals surface area contributed by atoms with Crippen molar-refractivity contribution in [3.63, 3.8) is 0 Å². The van der Waals surface area contributed by atoms with Gasteiger partial charge >= 0.3 is 6.09 Å². The van der Waals surface area contributed by atoms with Crippen molar-refractivity contribution in [3.8, 4) is 0 Å². The molecule has 0 radical (unpaired) electrons. The second-order valence-corrected chi connectivity index (χ2v) is 6.06. The number of rotatable bonds is 4. The molecule has 1 aliphatic rings. The molecule has 1 saturated carbocycles. The molecule has 0 aromatic heterocycles. The van der Waals surface area contributed by atoms with E-state index >= 15 is 0 Å². The number of nitrogens with one attached hydrogen (secondary N) is 1. The van der Waals surface area contributed by atoms with E-state index in [0.29, 0.717) is 12.5 Å². The number of carbonyl (C=O) groups is 1. The van der Waals surface area contributed by atoms with E-state index < -0.39 is 11.7 Å². The van der Waals surface area contributed by atoms with Gasteiger partial charge < -0.3 is 10.1 Å². The molecule has 0 spiro atoms. The molecule has 0 bridgehead atoms. The molecule has 1 rings (SSSR count). The van der Waals surface area contributed by atoms with Crippen LogP contribution in [0.1, 0.15) is 52.9 Å². The highest BCUT2D eigenvalue weighted by Gasteiger charge is 2.26. The van der Waals surface area contributed by atoms with Crippen molar-refractivity contribution in [2.75, 3.05) is 6.54 Å². The van der Waals surface area contributed by atoms with Crippen LogP contribution in [-0.2, 0) is 4.74 Å². The molecule has 6 heteroatoms. The van der Waals surface area contributed by atoms with Crippen LogP contribution >= 0.6 is 0 Å². The Hall–Kier alpha value is -1.42. The molecule has 108 valence electrons. The summed E-state index contributed by atoms with van der Waals surface area (Å²) in [5.74, 6) is 0.381. The minimum Gasteiger partial charge on any atom is -0.444 e. The number of hydrogen-bond donors (Lipinski definition) is 1. The lowest BCUT2D eigenvalue weighted by molar-refractivity contribution is 0.0480. The molecule has 6 nitrogen and oxygen atoms in total. The van der Waals surface area contributed by atoms with E-state index in [4.69, 9.17) is 10.3 Å². The first kappa shape index (κ1) is 15.6. The molecule has 1 N–H and O–H groups in total. The van der Waals surface area contributed by atoms with Crippen LogP contribution < -0.4 is 5.32 Å². The fraction of sp³-hybridized carbons (Fsp3) is 0.923. The molecule has 1 atom stereocenters. The van der Waals surface area contributed by atoms with Gasteiger partial charge in [-0.3, -0.25) is 0 Å². The third-order valence-corrected chi connectivity index (χ3v) is 3.26. The quantitative estimate of drug-likeness (QED) is 0.478. The van der Waals surface area contributed by atoms with Gasteiger partial charge in [0.15, 0.2) is 0 Å². The lowest BCUT2D eigenvalue weighted by atomic mass is 9.84.